The van der Waals surface area contributed by atoms with E-state index in [0.29, 0.717) is 12.5 Å². The third kappa shape index (κ3) is 3.81. The van der Waals surface area contributed by atoms with Crippen molar-refractivity contribution in [1.82, 2.24) is 4.57 Å². The smallest absolute Gasteiger partial charge is 0.253 e. The van der Waals surface area contributed by atoms with Crippen LogP contribution in [0.25, 0.3) is 11.1 Å². The normalized spacial score (nSPS) is 16.0. The molecule has 2 aromatic rings. The van der Waals surface area contributed by atoms with Crippen molar-refractivity contribution < 1.29 is 9.47 Å². The highest BCUT2D eigenvalue weighted by molar-refractivity contribution is 8.00. The quantitative estimate of drug-likeness (QED) is 0.702. The molecule has 1 aromatic heterocycles. The van der Waals surface area contributed by atoms with Crippen LogP contribution in [-0.2, 0) is 7.05 Å². The van der Waals surface area contributed by atoms with Gasteiger partial charge in [0.2, 0.25) is 0 Å². The molecule has 27 heavy (non-hydrogen) atoms. The lowest BCUT2D eigenvalue weighted by atomic mass is 10.0. The molecule has 1 aliphatic carbocycles. The molecule has 1 fully saturated rings. The summed E-state index contributed by atoms with van der Waals surface area (Å²) in [5.74, 6) is 3.39. The molecule has 0 N–H and O–H groups in total. The number of pyridine rings is 1. The van der Waals surface area contributed by atoms with Gasteiger partial charge in [0.15, 0.2) is 0 Å². The fourth-order valence-electron chi connectivity index (χ4n) is 3.37. The number of hydrogen-bond donors (Lipinski definition) is 0. The summed E-state index contributed by atoms with van der Waals surface area (Å²) in [6, 6.07) is 6.13. The molecule has 1 aromatic carbocycles. The third-order valence-electron chi connectivity index (χ3n) is 5.01. The molecule has 144 valence electrons. The van der Waals surface area contributed by atoms with E-state index >= 15 is 0 Å². The lowest BCUT2D eigenvalue weighted by Gasteiger charge is -2.31. The average molecular weight is 387 g/mol. The Morgan fingerprint density at radius 3 is 2.81 bits per heavy atom. The molecule has 0 radical (unpaired) electrons. The van der Waals surface area contributed by atoms with E-state index in [1.54, 1.807) is 23.6 Å². The van der Waals surface area contributed by atoms with E-state index in [1.807, 2.05) is 25.3 Å². The molecular formula is C21H26N2O3S. The fraction of sp³-hybridized carbons (Fsp3) is 0.476. The first kappa shape index (κ1) is 18.3. The zero-order valence-corrected chi connectivity index (χ0v) is 17.0. The summed E-state index contributed by atoms with van der Waals surface area (Å²) < 4.78 is 16.1. The number of aromatic nitrogens is 1. The standard InChI is InChI=1S/C21H26N2O3S/c1-4-27-23-7-8-25-20-11-19(26-13-15-5-6-15)17(10-18(20)23)16-9-14(2)21(24)22(3)12-16/h9-12,15H,4-8,13H2,1-3H3. The minimum absolute atomic E-state index is 0.0312. The molecule has 1 aliphatic heterocycles. The van der Waals surface area contributed by atoms with Crippen molar-refractivity contribution in [2.45, 2.75) is 26.7 Å². The number of hydrogen-bond acceptors (Lipinski definition) is 5. The van der Waals surface area contributed by atoms with Crippen molar-refractivity contribution in [3.63, 3.8) is 0 Å². The number of aryl methyl sites for hydroxylation is 2. The molecule has 2 heterocycles. The van der Waals surface area contributed by atoms with E-state index < -0.39 is 0 Å². The van der Waals surface area contributed by atoms with Crippen LogP contribution >= 0.6 is 11.9 Å². The highest BCUT2D eigenvalue weighted by Crippen LogP contribution is 2.44. The Balaban J connectivity index is 1.81. The van der Waals surface area contributed by atoms with Crippen LogP contribution < -0.4 is 19.3 Å². The Bertz CT molecular complexity index is 879. The molecule has 6 heteroatoms. The predicted octanol–water partition coefficient (Wildman–Crippen LogP) is 4.02. The fourth-order valence-corrected chi connectivity index (χ4v) is 4.17. The lowest BCUT2D eigenvalue weighted by molar-refractivity contribution is 0.291. The second kappa shape index (κ2) is 7.50. The van der Waals surface area contributed by atoms with Crippen LogP contribution in [0.1, 0.15) is 25.3 Å². The summed E-state index contributed by atoms with van der Waals surface area (Å²) in [5.41, 5.74) is 3.85. The molecule has 0 saturated heterocycles. The first-order valence-corrected chi connectivity index (χ1v) is 10.5. The largest absolute Gasteiger partial charge is 0.493 e. The summed E-state index contributed by atoms with van der Waals surface area (Å²) in [6.45, 7) is 6.30. The lowest BCUT2D eigenvalue weighted by Crippen LogP contribution is -2.27. The number of rotatable bonds is 6. The van der Waals surface area contributed by atoms with Gasteiger partial charge in [-0.2, -0.15) is 0 Å². The Morgan fingerprint density at radius 1 is 1.30 bits per heavy atom. The van der Waals surface area contributed by atoms with Crippen LogP contribution in [0.15, 0.2) is 29.2 Å². The van der Waals surface area contributed by atoms with Crippen LogP contribution in [0, 0.1) is 12.8 Å². The molecule has 2 aliphatic rings. The van der Waals surface area contributed by atoms with E-state index in [2.05, 4.69) is 17.3 Å². The van der Waals surface area contributed by atoms with E-state index in [0.717, 1.165) is 52.8 Å². The van der Waals surface area contributed by atoms with E-state index in [4.69, 9.17) is 9.47 Å². The minimum Gasteiger partial charge on any atom is -0.493 e. The van der Waals surface area contributed by atoms with Crippen LogP contribution in [0.5, 0.6) is 11.5 Å². The summed E-state index contributed by atoms with van der Waals surface area (Å²) in [5, 5.41) is 0. The Labute approximate surface area is 164 Å². The van der Waals surface area contributed by atoms with Crippen molar-refractivity contribution in [2.75, 3.05) is 29.8 Å². The third-order valence-corrected chi connectivity index (χ3v) is 5.96. The molecule has 0 amide bonds. The van der Waals surface area contributed by atoms with Gasteiger partial charge in [0.25, 0.3) is 5.56 Å². The van der Waals surface area contributed by atoms with E-state index in [9.17, 15) is 4.79 Å². The van der Waals surface area contributed by atoms with Gasteiger partial charge in [-0.3, -0.25) is 4.79 Å². The Hall–Kier alpha value is -2.08. The van der Waals surface area contributed by atoms with E-state index in [-0.39, 0.29) is 5.56 Å². The van der Waals surface area contributed by atoms with Gasteiger partial charge < -0.3 is 18.3 Å². The molecule has 0 atom stereocenters. The molecule has 0 unspecified atom stereocenters. The molecule has 5 nitrogen and oxygen atoms in total. The summed E-state index contributed by atoms with van der Waals surface area (Å²) in [6.07, 6.45) is 4.38. The monoisotopic (exact) mass is 386 g/mol. The number of fused-ring (bicyclic) bond motifs is 1. The first-order valence-electron chi connectivity index (χ1n) is 9.58. The van der Waals surface area contributed by atoms with Crippen LogP contribution in [0.2, 0.25) is 0 Å². The van der Waals surface area contributed by atoms with Crippen molar-refractivity contribution in [3.8, 4) is 22.6 Å². The highest BCUT2D eigenvalue weighted by atomic mass is 32.2. The summed E-state index contributed by atoms with van der Waals surface area (Å²) in [7, 11) is 1.80. The maximum Gasteiger partial charge on any atom is 0.253 e. The average Bonchev–Trinajstić information content (AvgIpc) is 3.48. The molecule has 4 rings (SSSR count). The van der Waals surface area contributed by atoms with Crippen molar-refractivity contribution in [2.24, 2.45) is 13.0 Å². The molecule has 0 spiro atoms. The summed E-state index contributed by atoms with van der Waals surface area (Å²) in [4.78, 5) is 12.1. The number of nitrogens with zero attached hydrogens (tertiary/aromatic N) is 2. The topological polar surface area (TPSA) is 43.7 Å². The van der Waals surface area contributed by atoms with Gasteiger partial charge in [-0.1, -0.05) is 6.92 Å². The zero-order chi connectivity index (χ0) is 19.0. The van der Waals surface area contributed by atoms with Crippen molar-refractivity contribution in [1.29, 1.82) is 0 Å². The van der Waals surface area contributed by atoms with E-state index in [1.165, 1.54) is 12.8 Å². The SMILES string of the molecule is CCSN1CCOc2cc(OCC3CC3)c(-c3cc(C)c(=O)n(C)c3)cc21. The van der Waals surface area contributed by atoms with Gasteiger partial charge in [-0.25, -0.2) is 0 Å². The second-order valence-electron chi connectivity index (χ2n) is 7.27. The molecule has 0 bridgehead atoms. The number of benzene rings is 1. The van der Waals surface area contributed by atoms with Crippen LogP contribution in [-0.4, -0.2) is 30.1 Å². The minimum atomic E-state index is 0.0312. The summed E-state index contributed by atoms with van der Waals surface area (Å²) >= 11 is 1.80. The maximum absolute atomic E-state index is 12.1. The van der Waals surface area contributed by atoms with Crippen LogP contribution in [0.3, 0.4) is 0 Å². The van der Waals surface area contributed by atoms with Gasteiger partial charge in [0.05, 0.1) is 18.8 Å². The first-order chi connectivity index (χ1) is 13.1. The van der Waals surface area contributed by atoms with Crippen molar-refractivity contribution in [3.05, 3.63) is 40.3 Å². The van der Waals surface area contributed by atoms with Gasteiger partial charge in [0, 0.05) is 41.8 Å². The predicted molar refractivity (Wildman–Crippen MR) is 111 cm³/mol. The second-order valence-corrected chi connectivity index (χ2v) is 8.54. The Kier molecular flexibility index (Phi) is 5.08. The maximum atomic E-state index is 12.1. The van der Waals surface area contributed by atoms with Gasteiger partial charge in [-0.15, -0.1) is 0 Å². The molecular weight excluding hydrogens is 360 g/mol. The van der Waals surface area contributed by atoms with Gasteiger partial charge >= 0.3 is 0 Å². The highest BCUT2D eigenvalue weighted by Gasteiger charge is 2.25. The number of ether oxygens (including phenoxy) is 2. The van der Waals surface area contributed by atoms with Gasteiger partial charge in [0.1, 0.15) is 18.1 Å². The molecule has 1 saturated carbocycles. The Morgan fingerprint density at radius 2 is 2.11 bits per heavy atom. The van der Waals surface area contributed by atoms with Gasteiger partial charge in [-0.05, 0) is 49.8 Å². The van der Waals surface area contributed by atoms with Crippen LogP contribution in [0.4, 0.5) is 5.69 Å². The number of anilines is 1. The zero-order valence-electron chi connectivity index (χ0n) is 16.2. The van der Waals surface area contributed by atoms with Crippen molar-refractivity contribution >= 4 is 17.6 Å².